The molecule has 0 bridgehead atoms. The summed E-state index contributed by atoms with van der Waals surface area (Å²) < 4.78 is 2.89. The molecule has 2 rings (SSSR count). The van der Waals surface area contributed by atoms with Gasteiger partial charge in [0.05, 0.1) is 6.33 Å². The van der Waals surface area contributed by atoms with Crippen LogP contribution in [0.15, 0.2) is 41.4 Å². The average molecular weight is 322 g/mol. The fourth-order valence-electron chi connectivity index (χ4n) is 1.91. The highest BCUT2D eigenvalue weighted by Crippen LogP contribution is 2.19. The summed E-state index contributed by atoms with van der Waals surface area (Å²) >= 11 is 3.44. The highest BCUT2D eigenvalue weighted by Gasteiger charge is 2.13. The topological polar surface area (TPSA) is 46.9 Å². The Morgan fingerprint density at radius 2 is 2.32 bits per heavy atom. The molecule has 1 aromatic carbocycles. The minimum Gasteiger partial charge on any atom is -0.348 e. The zero-order chi connectivity index (χ0) is 13.8. The van der Waals surface area contributed by atoms with Crippen LogP contribution >= 0.6 is 15.9 Å². The second-order valence-electron chi connectivity index (χ2n) is 4.55. The summed E-state index contributed by atoms with van der Waals surface area (Å²) in [6.07, 6.45) is 5.35. The van der Waals surface area contributed by atoms with Crippen molar-refractivity contribution in [1.82, 2.24) is 14.9 Å². The second kappa shape index (κ2) is 6.02. The van der Waals surface area contributed by atoms with Gasteiger partial charge in [-0.15, -0.1) is 0 Å². The molecule has 19 heavy (non-hydrogen) atoms. The van der Waals surface area contributed by atoms with E-state index in [0.717, 1.165) is 10.0 Å². The minimum atomic E-state index is -0.0496. The van der Waals surface area contributed by atoms with Gasteiger partial charge in [-0.05, 0) is 31.5 Å². The van der Waals surface area contributed by atoms with Crippen LogP contribution in [0.3, 0.4) is 0 Å². The van der Waals surface area contributed by atoms with Gasteiger partial charge in [-0.1, -0.05) is 22.0 Å². The highest BCUT2D eigenvalue weighted by molar-refractivity contribution is 9.10. The van der Waals surface area contributed by atoms with Crippen LogP contribution in [-0.4, -0.2) is 21.5 Å². The van der Waals surface area contributed by atoms with E-state index < -0.39 is 0 Å². The molecule has 5 heteroatoms. The molecule has 1 atom stereocenters. The van der Waals surface area contributed by atoms with E-state index >= 15 is 0 Å². The summed E-state index contributed by atoms with van der Waals surface area (Å²) in [5.74, 6) is -0.0496. The van der Waals surface area contributed by atoms with Crippen LogP contribution < -0.4 is 5.32 Å². The number of carbonyl (C=O) groups is 1. The van der Waals surface area contributed by atoms with Crippen molar-refractivity contribution in [2.24, 2.45) is 0 Å². The van der Waals surface area contributed by atoms with Gasteiger partial charge in [-0.3, -0.25) is 4.79 Å². The Bertz CT molecular complexity index is 566. The maximum Gasteiger partial charge on any atom is 0.251 e. The first-order valence-electron chi connectivity index (χ1n) is 6.09. The Kier molecular flexibility index (Phi) is 4.37. The lowest BCUT2D eigenvalue weighted by Crippen LogP contribution is -2.35. The Labute approximate surface area is 121 Å². The maximum absolute atomic E-state index is 12.2. The molecule has 0 aliphatic carbocycles. The molecule has 0 saturated carbocycles. The van der Waals surface area contributed by atoms with Crippen LogP contribution in [0.5, 0.6) is 0 Å². The molecule has 0 spiro atoms. The monoisotopic (exact) mass is 321 g/mol. The standard InChI is InChI=1S/C14H16BrN3O/c1-10(8-18-7-6-16-9-18)17-14(19)12-4-3-5-13(15)11(12)2/h3-7,9-10H,8H2,1-2H3,(H,17,19)/t10-/m0/s1. The van der Waals surface area contributed by atoms with Crippen LogP contribution in [0.4, 0.5) is 0 Å². The largest absolute Gasteiger partial charge is 0.348 e. The molecule has 0 fully saturated rings. The number of benzene rings is 1. The summed E-state index contributed by atoms with van der Waals surface area (Å²) in [6, 6.07) is 5.67. The van der Waals surface area contributed by atoms with Gasteiger partial charge in [0.1, 0.15) is 0 Å². The SMILES string of the molecule is Cc1c(Br)cccc1C(=O)N[C@@H](C)Cn1ccnc1. The number of aromatic nitrogens is 2. The van der Waals surface area contributed by atoms with Crippen LogP contribution in [0.1, 0.15) is 22.8 Å². The van der Waals surface area contributed by atoms with E-state index in [-0.39, 0.29) is 11.9 Å². The van der Waals surface area contributed by atoms with Crippen LogP contribution in [0, 0.1) is 6.92 Å². The number of hydrogen-bond acceptors (Lipinski definition) is 2. The first-order valence-corrected chi connectivity index (χ1v) is 6.89. The quantitative estimate of drug-likeness (QED) is 0.941. The van der Waals surface area contributed by atoms with Crippen molar-refractivity contribution < 1.29 is 4.79 Å². The fourth-order valence-corrected chi connectivity index (χ4v) is 2.28. The van der Waals surface area contributed by atoms with E-state index in [2.05, 4.69) is 26.2 Å². The van der Waals surface area contributed by atoms with Crippen molar-refractivity contribution in [2.45, 2.75) is 26.4 Å². The second-order valence-corrected chi connectivity index (χ2v) is 5.40. The van der Waals surface area contributed by atoms with E-state index in [1.54, 1.807) is 12.5 Å². The summed E-state index contributed by atoms with van der Waals surface area (Å²) in [5.41, 5.74) is 1.65. The molecular formula is C14H16BrN3O. The third kappa shape index (κ3) is 3.44. The fraction of sp³-hybridized carbons (Fsp3) is 0.286. The normalized spacial score (nSPS) is 12.2. The molecule has 0 aliphatic rings. The van der Waals surface area contributed by atoms with E-state index in [4.69, 9.17) is 0 Å². The molecule has 4 nitrogen and oxygen atoms in total. The third-order valence-electron chi connectivity index (χ3n) is 2.93. The van der Waals surface area contributed by atoms with Crippen LogP contribution in [0.2, 0.25) is 0 Å². The lowest BCUT2D eigenvalue weighted by molar-refractivity contribution is 0.0936. The zero-order valence-corrected chi connectivity index (χ0v) is 12.5. The lowest BCUT2D eigenvalue weighted by Gasteiger charge is -2.15. The number of hydrogen-bond donors (Lipinski definition) is 1. The number of rotatable bonds is 4. The number of imidazole rings is 1. The minimum absolute atomic E-state index is 0.0417. The molecule has 100 valence electrons. The molecule has 1 amide bonds. The first-order chi connectivity index (χ1) is 9.08. The van der Waals surface area contributed by atoms with Crippen molar-refractivity contribution in [3.05, 3.63) is 52.5 Å². The number of halogens is 1. The molecule has 1 N–H and O–H groups in total. The first kappa shape index (κ1) is 13.8. The van der Waals surface area contributed by atoms with Crippen LogP contribution in [0.25, 0.3) is 0 Å². The van der Waals surface area contributed by atoms with Crippen molar-refractivity contribution >= 4 is 21.8 Å². The third-order valence-corrected chi connectivity index (χ3v) is 3.79. The van der Waals surface area contributed by atoms with Crippen molar-refractivity contribution in [3.63, 3.8) is 0 Å². The Hall–Kier alpha value is -1.62. The maximum atomic E-state index is 12.2. The van der Waals surface area contributed by atoms with E-state index in [0.29, 0.717) is 12.1 Å². The van der Waals surface area contributed by atoms with Crippen molar-refractivity contribution in [2.75, 3.05) is 0 Å². The molecule has 0 radical (unpaired) electrons. The van der Waals surface area contributed by atoms with Gasteiger partial charge in [0, 0.05) is 35.0 Å². The van der Waals surface area contributed by atoms with Gasteiger partial charge in [0.25, 0.3) is 5.91 Å². The van der Waals surface area contributed by atoms with Gasteiger partial charge >= 0.3 is 0 Å². The van der Waals surface area contributed by atoms with E-state index in [1.807, 2.05) is 42.8 Å². The predicted molar refractivity (Wildman–Crippen MR) is 78.0 cm³/mol. The number of nitrogens with zero attached hydrogens (tertiary/aromatic N) is 2. The van der Waals surface area contributed by atoms with Crippen LogP contribution in [-0.2, 0) is 6.54 Å². The molecule has 2 aromatic rings. The van der Waals surface area contributed by atoms with E-state index in [9.17, 15) is 4.79 Å². The van der Waals surface area contributed by atoms with Gasteiger partial charge in [-0.2, -0.15) is 0 Å². The lowest BCUT2D eigenvalue weighted by atomic mass is 10.1. The van der Waals surface area contributed by atoms with Crippen molar-refractivity contribution in [3.8, 4) is 0 Å². The summed E-state index contributed by atoms with van der Waals surface area (Å²) in [5, 5.41) is 2.99. The molecule has 0 unspecified atom stereocenters. The van der Waals surface area contributed by atoms with Gasteiger partial charge < -0.3 is 9.88 Å². The number of carbonyl (C=O) groups excluding carboxylic acids is 1. The molecule has 1 heterocycles. The smallest absolute Gasteiger partial charge is 0.251 e. The zero-order valence-electron chi connectivity index (χ0n) is 10.9. The van der Waals surface area contributed by atoms with Crippen molar-refractivity contribution in [1.29, 1.82) is 0 Å². The molecule has 0 aliphatic heterocycles. The number of nitrogens with one attached hydrogen (secondary N) is 1. The summed E-state index contributed by atoms with van der Waals surface area (Å²) in [4.78, 5) is 16.2. The number of amides is 1. The van der Waals surface area contributed by atoms with Gasteiger partial charge in [-0.25, -0.2) is 4.98 Å². The van der Waals surface area contributed by atoms with Gasteiger partial charge in [0.15, 0.2) is 0 Å². The highest BCUT2D eigenvalue weighted by atomic mass is 79.9. The van der Waals surface area contributed by atoms with E-state index in [1.165, 1.54) is 0 Å². The summed E-state index contributed by atoms with van der Waals surface area (Å²) in [7, 11) is 0. The molecular weight excluding hydrogens is 306 g/mol. The Morgan fingerprint density at radius 1 is 1.53 bits per heavy atom. The molecule has 1 aromatic heterocycles. The van der Waals surface area contributed by atoms with Gasteiger partial charge in [0.2, 0.25) is 0 Å². The predicted octanol–water partition coefficient (Wildman–Crippen LogP) is 2.77. The Balaban J connectivity index is 2.02. The molecule has 0 saturated heterocycles. The average Bonchev–Trinajstić information content (AvgIpc) is 2.85. The Morgan fingerprint density at radius 3 is 3.00 bits per heavy atom. The summed E-state index contributed by atoms with van der Waals surface area (Å²) in [6.45, 7) is 4.61.